The van der Waals surface area contributed by atoms with E-state index in [1.807, 2.05) is 0 Å². The van der Waals surface area contributed by atoms with Gasteiger partial charge in [-0.05, 0) is 49.9 Å². The number of ether oxygens (including phenoxy) is 1. The highest BCUT2D eigenvalue weighted by atomic mass is 16.5. The Kier molecular flexibility index (Phi) is 3.27. The Labute approximate surface area is 131 Å². The third kappa shape index (κ3) is 2.25. The van der Waals surface area contributed by atoms with Gasteiger partial charge in [0.2, 0.25) is 5.91 Å². The summed E-state index contributed by atoms with van der Waals surface area (Å²) in [5.41, 5.74) is 2.27. The quantitative estimate of drug-likeness (QED) is 0.892. The number of fused-ring (bicyclic) bond motifs is 2. The highest BCUT2D eigenvalue weighted by molar-refractivity contribution is 5.83. The van der Waals surface area contributed by atoms with Gasteiger partial charge in [0.15, 0.2) is 0 Å². The van der Waals surface area contributed by atoms with E-state index in [9.17, 15) is 4.79 Å². The van der Waals surface area contributed by atoms with Gasteiger partial charge in [0.25, 0.3) is 0 Å². The van der Waals surface area contributed by atoms with Crippen LogP contribution in [0.4, 0.5) is 0 Å². The Morgan fingerprint density at radius 1 is 1.27 bits per heavy atom. The predicted molar refractivity (Wildman–Crippen MR) is 84.4 cm³/mol. The molecule has 118 valence electrons. The maximum Gasteiger partial charge on any atom is 0.224 e. The van der Waals surface area contributed by atoms with Gasteiger partial charge in [0.1, 0.15) is 0 Å². The second kappa shape index (κ2) is 5.07. The van der Waals surface area contributed by atoms with Gasteiger partial charge in [0, 0.05) is 17.4 Å². The number of carbonyl (C=O) groups is 1. The van der Waals surface area contributed by atoms with Gasteiger partial charge in [-0.15, -0.1) is 0 Å². The van der Waals surface area contributed by atoms with Crippen molar-refractivity contribution in [2.24, 2.45) is 17.8 Å². The number of piperidine rings is 1. The number of carbonyl (C=O) groups excluding carboxylic acids is 1. The zero-order chi connectivity index (χ0) is 15.3. The molecule has 4 rings (SSSR count). The van der Waals surface area contributed by atoms with Crippen molar-refractivity contribution in [3.8, 4) is 0 Å². The van der Waals surface area contributed by atoms with Gasteiger partial charge in [-0.2, -0.15) is 0 Å². The van der Waals surface area contributed by atoms with E-state index in [1.165, 1.54) is 11.1 Å². The maximum absolute atomic E-state index is 12.6. The van der Waals surface area contributed by atoms with Crippen LogP contribution in [0.2, 0.25) is 0 Å². The van der Waals surface area contributed by atoms with Crippen LogP contribution in [-0.4, -0.2) is 31.1 Å². The van der Waals surface area contributed by atoms with Gasteiger partial charge in [-0.1, -0.05) is 24.3 Å². The molecule has 3 aliphatic rings. The van der Waals surface area contributed by atoms with Gasteiger partial charge >= 0.3 is 0 Å². The summed E-state index contributed by atoms with van der Waals surface area (Å²) in [5.74, 6) is 1.78. The summed E-state index contributed by atoms with van der Waals surface area (Å²) in [5, 5.41) is 6.66. The molecule has 0 spiro atoms. The molecule has 2 heterocycles. The molecule has 1 aromatic rings. The Balaban J connectivity index is 1.50. The largest absolute Gasteiger partial charge is 0.376 e. The zero-order valence-corrected chi connectivity index (χ0v) is 13.3. The highest BCUT2D eigenvalue weighted by Gasteiger charge is 2.57. The third-order valence-corrected chi connectivity index (χ3v) is 5.68. The lowest BCUT2D eigenvalue weighted by atomic mass is 9.79. The molecule has 1 saturated carbocycles. The van der Waals surface area contributed by atoms with E-state index in [2.05, 4.69) is 48.7 Å². The Bertz CT molecular complexity index is 589. The highest BCUT2D eigenvalue weighted by Crippen LogP contribution is 2.49. The van der Waals surface area contributed by atoms with Crippen molar-refractivity contribution in [2.45, 2.75) is 31.9 Å². The Hall–Kier alpha value is -1.39. The van der Waals surface area contributed by atoms with Crippen molar-refractivity contribution in [3.05, 3.63) is 35.4 Å². The van der Waals surface area contributed by atoms with Crippen molar-refractivity contribution in [2.75, 3.05) is 19.7 Å². The van der Waals surface area contributed by atoms with E-state index in [0.29, 0.717) is 25.0 Å². The molecule has 4 atom stereocenters. The van der Waals surface area contributed by atoms with Crippen LogP contribution in [-0.2, 0) is 16.1 Å². The SMILES string of the molecule is CC(C)(NC(=O)[C@H]1[C@@H]2CNC[C@@H]21)C1COCc2ccccc21. The van der Waals surface area contributed by atoms with Crippen LogP contribution in [0.25, 0.3) is 0 Å². The number of rotatable bonds is 3. The predicted octanol–water partition coefficient (Wildman–Crippen LogP) is 1.66. The summed E-state index contributed by atoms with van der Waals surface area (Å²) in [6.45, 7) is 7.59. The molecule has 1 unspecified atom stereocenters. The van der Waals surface area contributed by atoms with E-state index in [1.54, 1.807) is 0 Å². The molecule has 2 aliphatic heterocycles. The summed E-state index contributed by atoms with van der Waals surface area (Å²) in [7, 11) is 0. The maximum atomic E-state index is 12.6. The first-order valence-corrected chi connectivity index (χ1v) is 8.26. The van der Waals surface area contributed by atoms with Crippen molar-refractivity contribution in [3.63, 3.8) is 0 Å². The first kappa shape index (κ1) is 14.2. The zero-order valence-electron chi connectivity index (χ0n) is 13.3. The molecule has 1 aliphatic carbocycles. The molecule has 0 aromatic heterocycles. The number of benzene rings is 1. The van der Waals surface area contributed by atoms with Crippen LogP contribution >= 0.6 is 0 Å². The second-order valence-corrected chi connectivity index (χ2v) is 7.49. The molecule has 2 fully saturated rings. The van der Waals surface area contributed by atoms with E-state index in [4.69, 9.17) is 4.74 Å². The average Bonchev–Trinajstić information content (AvgIpc) is 3.00. The standard InChI is InChI=1S/C18H24N2O2/c1-18(2,20-17(21)16-13-7-19-8-14(13)16)15-10-22-9-11-5-3-4-6-12(11)15/h3-6,13-16,19H,7-10H2,1-2H3,(H,20,21)/t13-,14+,15?,16+. The number of amides is 1. The Morgan fingerprint density at radius 2 is 2.00 bits per heavy atom. The third-order valence-electron chi connectivity index (χ3n) is 5.68. The number of hydrogen-bond acceptors (Lipinski definition) is 3. The molecular weight excluding hydrogens is 276 g/mol. The lowest BCUT2D eigenvalue weighted by molar-refractivity contribution is -0.125. The van der Waals surface area contributed by atoms with E-state index in [-0.39, 0.29) is 23.3 Å². The Morgan fingerprint density at radius 3 is 2.77 bits per heavy atom. The van der Waals surface area contributed by atoms with E-state index < -0.39 is 0 Å². The fourth-order valence-electron chi connectivity index (χ4n) is 4.27. The lowest BCUT2D eigenvalue weighted by Gasteiger charge is -2.39. The fraction of sp³-hybridized carbons (Fsp3) is 0.611. The fourth-order valence-corrected chi connectivity index (χ4v) is 4.27. The van der Waals surface area contributed by atoms with Crippen LogP contribution in [0.1, 0.15) is 30.9 Å². The summed E-state index contributed by atoms with van der Waals surface area (Å²) in [6.07, 6.45) is 0. The number of hydrogen-bond donors (Lipinski definition) is 2. The summed E-state index contributed by atoms with van der Waals surface area (Å²) >= 11 is 0. The molecule has 22 heavy (non-hydrogen) atoms. The van der Waals surface area contributed by atoms with E-state index >= 15 is 0 Å². The van der Waals surface area contributed by atoms with Crippen molar-refractivity contribution >= 4 is 5.91 Å². The van der Waals surface area contributed by atoms with Gasteiger partial charge in [0.05, 0.1) is 13.2 Å². The van der Waals surface area contributed by atoms with Crippen LogP contribution in [0.5, 0.6) is 0 Å². The van der Waals surface area contributed by atoms with Gasteiger partial charge in [-0.25, -0.2) is 0 Å². The second-order valence-electron chi connectivity index (χ2n) is 7.49. The smallest absolute Gasteiger partial charge is 0.224 e. The first-order chi connectivity index (χ1) is 10.6. The monoisotopic (exact) mass is 300 g/mol. The first-order valence-electron chi connectivity index (χ1n) is 8.26. The van der Waals surface area contributed by atoms with Crippen molar-refractivity contribution in [1.29, 1.82) is 0 Å². The molecule has 1 saturated heterocycles. The van der Waals surface area contributed by atoms with Crippen molar-refractivity contribution < 1.29 is 9.53 Å². The minimum Gasteiger partial charge on any atom is -0.376 e. The molecule has 4 nitrogen and oxygen atoms in total. The normalized spacial score (nSPS) is 33.0. The minimum absolute atomic E-state index is 0.207. The molecular formula is C18H24N2O2. The van der Waals surface area contributed by atoms with Crippen LogP contribution in [0, 0.1) is 17.8 Å². The van der Waals surface area contributed by atoms with Crippen molar-refractivity contribution in [1.82, 2.24) is 10.6 Å². The summed E-state index contributed by atoms with van der Waals surface area (Å²) in [6, 6.07) is 8.42. The number of nitrogens with one attached hydrogen (secondary N) is 2. The molecule has 0 radical (unpaired) electrons. The molecule has 0 bridgehead atoms. The molecule has 1 amide bonds. The molecule has 2 N–H and O–H groups in total. The summed E-state index contributed by atoms with van der Waals surface area (Å²) < 4.78 is 5.77. The molecule has 1 aromatic carbocycles. The average molecular weight is 300 g/mol. The topological polar surface area (TPSA) is 50.4 Å². The lowest BCUT2D eigenvalue weighted by Crippen LogP contribution is -2.51. The van der Waals surface area contributed by atoms with Crippen LogP contribution in [0.3, 0.4) is 0 Å². The van der Waals surface area contributed by atoms with Crippen LogP contribution < -0.4 is 10.6 Å². The van der Waals surface area contributed by atoms with Gasteiger partial charge < -0.3 is 15.4 Å². The van der Waals surface area contributed by atoms with Crippen LogP contribution in [0.15, 0.2) is 24.3 Å². The summed E-state index contributed by atoms with van der Waals surface area (Å²) in [4.78, 5) is 12.6. The van der Waals surface area contributed by atoms with E-state index in [0.717, 1.165) is 13.1 Å². The van der Waals surface area contributed by atoms with Gasteiger partial charge in [-0.3, -0.25) is 4.79 Å². The molecule has 4 heteroatoms. The minimum atomic E-state index is -0.294.